The van der Waals surface area contributed by atoms with Gasteiger partial charge < -0.3 is 9.80 Å². The largest absolute Gasteiger partial charge is 0.343 e. The van der Waals surface area contributed by atoms with Crippen LogP contribution in [0.5, 0.6) is 0 Å². The molecule has 1 aliphatic heterocycles. The number of hydrogen-bond acceptors (Lipinski definition) is 5. The number of likely N-dealkylation sites (N-methyl/N-ethyl adjacent to an activating group) is 1. The van der Waals surface area contributed by atoms with Crippen LogP contribution in [-0.2, 0) is 0 Å². The quantitative estimate of drug-likeness (QED) is 0.762. The fraction of sp³-hybridized carbons (Fsp3) is 0.800. The van der Waals surface area contributed by atoms with Crippen LogP contribution in [0.15, 0.2) is 0 Å². The van der Waals surface area contributed by atoms with Crippen molar-refractivity contribution in [3.8, 4) is 0 Å². The minimum atomic E-state index is 0.535. The predicted molar refractivity (Wildman–Crippen MR) is 63.5 cm³/mol. The minimum absolute atomic E-state index is 0.535. The van der Waals surface area contributed by atoms with Crippen molar-refractivity contribution < 1.29 is 0 Å². The van der Waals surface area contributed by atoms with E-state index in [4.69, 9.17) is 0 Å². The van der Waals surface area contributed by atoms with E-state index in [0.717, 1.165) is 17.5 Å². The van der Waals surface area contributed by atoms with Crippen molar-refractivity contribution in [2.75, 3.05) is 25.5 Å². The Bertz CT molecular complexity index is 336. The van der Waals surface area contributed by atoms with Crippen LogP contribution in [0.1, 0.15) is 19.2 Å². The van der Waals surface area contributed by atoms with Crippen LogP contribution in [0.2, 0.25) is 0 Å². The number of aryl methyl sites for hydroxylation is 1. The fourth-order valence-electron chi connectivity index (χ4n) is 2.29. The molecule has 15 heavy (non-hydrogen) atoms. The molecule has 0 amide bonds. The summed E-state index contributed by atoms with van der Waals surface area (Å²) in [4.78, 5) is 9.13. The van der Waals surface area contributed by atoms with Crippen LogP contribution in [0.3, 0.4) is 0 Å². The second kappa shape index (κ2) is 4.06. The van der Waals surface area contributed by atoms with Crippen molar-refractivity contribution in [3.63, 3.8) is 0 Å². The highest BCUT2D eigenvalue weighted by Gasteiger charge is 2.33. The van der Waals surface area contributed by atoms with Gasteiger partial charge in [-0.25, -0.2) is 4.98 Å². The van der Waals surface area contributed by atoms with Gasteiger partial charge in [-0.15, -0.1) is 0 Å². The molecule has 1 aliphatic rings. The van der Waals surface area contributed by atoms with Crippen LogP contribution in [0, 0.1) is 6.92 Å². The van der Waals surface area contributed by atoms with Gasteiger partial charge in [-0.05, 0) is 34.4 Å². The van der Waals surface area contributed by atoms with Crippen LogP contribution in [0.4, 0.5) is 5.13 Å². The van der Waals surface area contributed by atoms with Crippen molar-refractivity contribution in [1.82, 2.24) is 14.3 Å². The molecule has 1 fully saturated rings. The Kier molecular flexibility index (Phi) is 2.93. The summed E-state index contributed by atoms with van der Waals surface area (Å²) in [6, 6.07) is 1.17. The summed E-state index contributed by atoms with van der Waals surface area (Å²) in [5.74, 6) is 0.885. The lowest BCUT2D eigenvalue weighted by Gasteiger charge is -2.27. The smallest absolute Gasteiger partial charge is 0.205 e. The van der Waals surface area contributed by atoms with Gasteiger partial charge in [0.25, 0.3) is 0 Å². The van der Waals surface area contributed by atoms with Crippen molar-refractivity contribution >= 4 is 16.7 Å². The Morgan fingerprint density at radius 3 is 2.67 bits per heavy atom. The first-order valence-electron chi connectivity index (χ1n) is 5.33. The number of nitrogens with zero attached hydrogens (tertiary/aromatic N) is 4. The number of hydrogen-bond donors (Lipinski definition) is 0. The van der Waals surface area contributed by atoms with E-state index in [1.807, 2.05) is 6.92 Å². The summed E-state index contributed by atoms with van der Waals surface area (Å²) >= 11 is 1.51. The molecule has 0 N–H and O–H groups in total. The van der Waals surface area contributed by atoms with Crippen molar-refractivity contribution in [1.29, 1.82) is 0 Å². The van der Waals surface area contributed by atoms with E-state index in [2.05, 4.69) is 40.2 Å². The van der Waals surface area contributed by atoms with Gasteiger partial charge >= 0.3 is 0 Å². The third kappa shape index (κ3) is 1.99. The van der Waals surface area contributed by atoms with E-state index in [9.17, 15) is 0 Å². The molecule has 0 aromatic carbocycles. The lowest BCUT2D eigenvalue weighted by Crippen LogP contribution is -2.39. The van der Waals surface area contributed by atoms with Crippen molar-refractivity contribution in [2.24, 2.45) is 0 Å². The van der Waals surface area contributed by atoms with E-state index in [1.54, 1.807) is 0 Å². The van der Waals surface area contributed by atoms with Gasteiger partial charge in [0, 0.05) is 30.2 Å². The van der Waals surface area contributed by atoms with E-state index < -0.39 is 0 Å². The lowest BCUT2D eigenvalue weighted by molar-refractivity contribution is 0.283. The number of aromatic nitrogens is 2. The molecule has 0 bridgehead atoms. The average molecular weight is 226 g/mol. The summed E-state index contributed by atoms with van der Waals surface area (Å²) < 4.78 is 4.24. The van der Waals surface area contributed by atoms with Crippen molar-refractivity contribution in [2.45, 2.75) is 32.4 Å². The molecule has 0 saturated carbocycles. The molecule has 84 valence electrons. The molecule has 0 spiro atoms. The molecule has 2 heterocycles. The van der Waals surface area contributed by atoms with Gasteiger partial charge in [0.2, 0.25) is 5.13 Å². The molecule has 0 radical (unpaired) electrons. The lowest BCUT2D eigenvalue weighted by atomic mass is 10.1. The summed E-state index contributed by atoms with van der Waals surface area (Å²) in [5.41, 5.74) is 0. The molecule has 2 rings (SSSR count). The summed E-state index contributed by atoms with van der Waals surface area (Å²) in [6.45, 7) is 5.32. The Balaban J connectivity index is 2.13. The first kappa shape index (κ1) is 10.8. The first-order valence-corrected chi connectivity index (χ1v) is 6.10. The molecular formula is C10H18N4S. The maximum atomic E-state index is 4.45. The highest BCUT2D eigenvalue weighted by molar-refractivity contribution is 7.09. The number of anilines is 1. The Morgan fingerprint density at radius 1 is 1.47 bits per heavy atom. The first-order chi connectivity index (χ1) is 7.09. The summed E-state index contributed by atoms with van der Waals surface area (Å²) in [7, 11) is 4.30. The maximum Gasteiger partial charge on any atom is 0.205 e. The monoisotopic (exact) mass is 226 g/mol. The fourth-order valence-corrected chi connectivity index (χ4v) is 3.08. The van der Waals surface area contributed by atoms with E-state index in [0.29, 0.717) is 12.1 Å². The summed E-state index contributed by atoms with van der Waals surface area (Å²) in [6.07, 6.45) is 1.22. The Hall–Kier alpha value is -0.680. The van der Waals surface area contributed by atoms with E-state index >= 15 is 0 Å². The average Bonchev–Trinajstić information content (AvgIpc) is 2.71. The Labute approximate surface area is 95.1 Å². The predicted octanol–water partition coefficient (Wildman–Crippen LogP) is 1.38. The molecule has 1 aromatic heterocycles. The van der Waals surface area contributed by atoms with Crippen LogP contribution < -0.4 is 4.90 Å². The second-order valence-corrected chi connectivity index (χ2v) is 5.11. The second-order valence-electron chi connectivity index (χ2n) is 4.38. The van der Waals surface area contributed by atoms with Gasteiger partial charge in [0.05, 0.1) is 0 Å². The summed E-state index contributed by atoms with van der Waals surface area (Å²) in [5, 5.41) is 1.07. The molecule has 1 saturated heterocycles. The highest BCUT2D eigenvalue weighted by atomic mass is 32.1. The molecule has 0 aliphatic carbocycles. The third-order valence-corrected chi connectivity index (χ3v) is 3.98. The van der Waals surface area contributed by atoms with Gasteiger partial charge in [-0.1, -0.05) is 0 Å². The maximum absolute atomic E-state index is 4.45. The van der Waals surface area contributed by atoms with Crippen molar-refractivity contribution in [3.05, 3.63) is 5.82 Å². The minimum Gasteiger partial charge on any atom is -0.343 e. The number of rotatable bonds is 2. The molecule has 4 nitrogen and oxygen atoms in total. The SMILES string of the molecule is Cc1nsc(N2CC[C@H](N(C)C)[C@@H]2C)n1. The van der Waals surface area contributed by atoms with Crippen LogP contribution >= 0.6 is 11.5 Å². The normalized spacial score (nSPS) is 26.6. The van der Waals surface area contributed by atoms with Crippen LogP contribution in [0.25, 0.3) is 0 Å². The molecular weight excluding hydrogens is 208 g/mol. The van der Waals surface area contributed by atoms with Gasteiger partial charge in [0.15, 0.2) is 0 Å². The standard InChI is InChI=1S/C10H18N4S/c1-7-9(13(3)4)5-6-14(7)10-11-8(2)12-15-10/h7,9H,5-6H2,1-4H3/t7-,9-/m0/s1. The Morgan fingerprint density at radius 2 is 2.20 bits per heavy atom. The molecule has 5 heteroatoms. The zero-order valence-corrected chi connectivity index (χ0v) is 10.6. The zero-order chi connectivity index (χ0) is 11.0. The van der Waals surface area contributed by atoms with Gasteiger partial charge in [0.1, 0.15) is 5.82 Å². The van der Waals surface area contributed by atoms with Gasteiger partial charge in [-0.3, -0.25) is 0 Å². The third-order valence-electron chi connectivity index (χ3n) is 3.14. The molecule has 2 atom stereocenters. The van der Waals surface area contributed by atoms with Crippen LogP contribution in [-0.4, -0.2) is 47.0 Å². The van der Waals surface area contributed by atoms with E-state index in [1.165, 1.54) is 18.0 Å². The van der Waals surface area contributed by atoms with Gasteiger partial charge in [-0.2, -0.15) is 4.37 Å². The molecule has 1 aromatic rings. The van der Waals surface area contributed by atoms with E-state index in [-0.39, 0.29) is 0 Å². The molecule has 0 unspecified atom stereocenters. The topological polar surface area (TPSA) is 32.3 Å². The highest BCUT2D eigenvalue weighted by Crippen LogP contribution is 2.28. The zero-order valence-electron chi connectivity index (χ0n) is 9.77.